The van der Waals surface area contributed by atoms with E-state index in [1.807, 2.05) is 0 Å². The Bertz CT molecular complexity index is 1520. The third-order valence-corrected chi connectivity index (χ3v) is 11.0. The molecule has 6 rings (SSSR count). The Hall–Kier alpha value is -3.86. The molecule has 0 radical (unpaired) electrons. The fourth-order valence-electron chi connectivity index (χ4n) is 5.19. The van der Waals surface area contributed by atoms with Crippen LogP contribution >= 0.6 is 6.89 Å². The van der Waals surface area contributed by atoms with Crippen molar-refractivity contribution in [3.05, 3.63) is 157 Å². The maximum absolute atomic E-state index is 2.32. The summed E-state index contributed by atoms with van der Waals surface area (Å²) in [6.07, 6.45) is 0. The van der Waals surface area contributed by atoms with Gasteiger partial charge in [-0.05, 0) is 44.3 Å². The number of fused-ring (bicyclic) bond motifs is 2. The molecule has 0 amide bonds. The average Bonchev–Trinajstić information content (AvgIpc) is 3.09. The van der Waals surface area contributed by atoms with Crippen molar-refractivity contribution in [2.24, 2.45) is 0 Å². The molecule has 0 bridgehead atoms. The fraction of sp³-hybridized carbons (Fsp3) is 0. The smallest absolute Gasteiger partial charge is 0.000189 e. The first-order valence-corrected chi connectivity index (χ1v) is 13.5. The Morgan fingerprint density at radius 2 is 0.618 bits per heavy atom. The van der Waals surface area contributed by atoms with E-state index in [2.05, 4.69) is 152 Å². The van der Waals surface area contributed by atoms with Gasteiger partial charge in [0.15, 0.2) is 0 Å². The molecule has 0 aliphatic carbocycles. The van der Waals surface area contributed by atoms with E-state index in [0.717, 1.165) is 0 Å². The highest BCUT2D eigenvalue weighted by atomic mass is 31.2. The summed E-state index contributed by atoms with van der Waals surface area (Å²) in [6, 6.07) is 55.7. The summed E-state index contributed by atoms with van der Waals surface area (Å²) >= 11 is 0. The van der Waals surface area contributed by atoms with Crippen LogP contribution in [-0.4, -0.2) is 0 Å². The van der Waals surface area contributed by atoms with E-state index < -0.39 is 6.89 Å². The highest BCUT2D eigenvalue weighted by Crippen LogP contribution is 2.50. The standard InChI is InChI=1S/C33H25P/c1-4-16-28(17-5-1)34(29-18-6-2-7-19-29,30-20-8-3-9-21-30)33-31-22-12-10-14-26(31)24-25-27-15-11-13-23-32(27)33/h1-25H. The third kappa shape index (κ3) is 3.31. The summed E-state index contributed by atoms with van der Waals surface area (Å²) in [5.74, 6) is 0. The predicted octanol–water partition coefficient (Wildman–Crippen LogP) is 7.52. The quantitative estimate of drug-likeness (QED) is 0.244. The van der Waals surface area contributed by atoms with Gasteiger partial charge in [-0.1, -0.05) is 152 Å². The molecule has 0 saturated heterocycles. The highest BCUT2D eigenvalue weighted by molar-refractivity contribution is 7.89. The molecule has 0 fully saturated rings. The number of rotatable bonds is 3. The molecule has 0 unspecified atom stereocenters. The number of hydrogen-bond acceptors (Lipinski definition) is 0. The first-order chi connectivity index (χ1) is 16.9. The minimum absolute atomic E-state index is 1.26. The van der Waals surface area contributed by atoms with E-state index in [1.165, 1.54) is 42.4 Å². The van der Waals surface area contributed by atoms with Gasteiger partial charge >= 0.3 is 0 Å². The topological polar surface area (TPSA) is 0 Å². The van der Waals surface area contributed by atoms with E-state index >= 15 is 0 Å². The molecule has 162 valence electrons. The van der Waals surface area contributed by atoms with E-state index in [0.29, 0.717) is 0 Å². The maximum atomic E-state index is 2.32. The molecule has 34 heavy (non-hydrogen) atoms. The predicted molar refractivity (Wildman–Crippen MR) is 150 cm³/mol. The first kappa shape index (κ1) is 20.7. The van der Waals surface area contributed by atoms with Crippen LogP contribution in [-0.2, 0) is 0 Å². The molecule has 0 nitrogen and oxygen atoms in total. The Labute approximate surface area is 200 Å². The highest BCUT2D eigenvalue weighted by Gasteiger charge is 2.27. The summed E-state index contributed by atoms with van der Waals surface area (Å²) in [7, 11) is 0. The van der Waals surface area contributed by atoms with Gasteiger partial charge in [0, 0.05) is 4.94 Å². The molecular weight excluding hydrogens is 427 g/mol. The van der Waals surface area contributed by atoms with Crippen LogP contribution < -0.4 is 15.9 Å². The van der Waals surface area contributed by atoms with Crippen molar-refractivity contribution >= 4 is 44.3 Å². The molecule has 0 N–H and O–H groups in total. The van der Waals surface area contributed by atoms with Crippen LogP contribution in [0, 0.1) is 4.94 Å². The van der Waals surface area contributed by atoms with Gasteiger partial charge in [0.05, 0.1) is 0 Å². The molecule has 0 saturated carbocycles. The summed E-state index contributed by atoms with van der Waals surface area (Å²) in [6.45, 7) is -2.24. The Morgan fingerprint density at radius 1 is 0.294 bits per heavy atom. The zero-order valence-electron chi connectivity index (χ0n) is 18.9. The second kappa shape index (κ2) is 8.82. The maximum Gasteiger partial charge on any atom is 0.000189 e. The van der Waals surface area contributed by atoms with Crippen LogP contribution in [0.4, 0.5) is 0 Å². The average molecular weight is 453 g/mol. The number of hydrogen-bond donors (Lipinski definition) is 0. The molecular formula is C33H25P. The SMILES string of the molecule is c1ccc(P(c2ccccc2)(c2ccccc2)=c2c3ccccc3ccc3ccccc23)cc1. The summed E-state index contributed by atoms with van der Waals surface area (Å²) in [5, 5.41) is 9.26. The molecule has 6 aromatic rings. The van der Waals surface area contributed by atoms with Crippen molar-refractivity contribution in [2.45, 2.75) is 0 Å². The zero-order chi connectivity index (χ0) is 22.8. The molecule has 0 aliphatic rings. The van der Waals surface area contributed by atoms with Gasteiger partial charge in [0.2, 0.25) is 0 Å². The van der Waals surface area contributed by atoms with Gasteiger partial charge in [-0.2, -0.15) is 0 Å². The molecule has 1 heteroatoms. The van der Waals surface area contributed by atoms with Crippen LogP contribution in [0.2, 0.25) is 0 Å². The van der Waals surface area contributed by atoms with E-state index in [1.54, 1.807) is 0 Å². The normalized spacial score (nSPS) is 11.5. The molecule has 0 aliphatic heterocycles. The van der Waals surface area contributed by atoms with Crippen molar-refractivity contribution in [3.8, 4) is 0 Å². The Morgan fingerprint density at radius 3 is 1.00 bits per heavy atom. The van der Waals surface area contributed by atoms with Gasteiger partial charge in [0.25, 0.3) is 0 Å². The van der Waals surface area contributed by atoms with Gasteiger partial charge in [0.1, 0.15) is 0 Å². The first-order valence-electron chi connectivity index (χ1n) is 11.7. The Balaban J connectivity index is 2.11. The van der Waals surface area contributed by atoms with Gasteiger partial charge in [-0.25, -0.2) is 0 Å². The zero-order valence-corrected chi connectivity index (χ0v) is 19.8. The van der Waals surface area contributed by atoms with Gasteiger partial charge in [-0.15, -0.1) is 0 Å². The van der Waals surface area contributed by atoms with Crippen molar-refractivity contribution in [1.29, 1.82) is 0 Å². The molecule has 0 spiro atoms. The van der Waals surface area contributed by atoms with Gasteiger partial charge in [-0.3, -0.25) is 0 Å². The third-order valence-electron chi connectivity index (χ3n) is 6.64. The van der Waals surface area contributed by atoms with Crippen LogP contribution in [0.5, 0.6) is 0 Å². The van der Waals surface area contributed by atoms with Crippen molar-refractivity contribution in [3.63, 3.8) is 0 Å². The van der Waals surface area contributed by atoms with Crippen molar-refractivity contribution in [2.75, 3.05) is 0 Å². The summed E-state index contributed by atoms with van der Waals surface area (Å²) in [5.41, 5.74) is 0. The van der Waals surface area contributed by atoms with E-state index in [-0.39, 0.29) is 0 Å². The summed E-state index contributed by atoms with van der Waals surface area (Å²) < 4.78 is 0. The van der Waals surface area contributed by atoms with Crippen molar-refractivity contribution in [1.82, 2.24) is 0 Å². The lowest BCUT2D eigenvalue weighted by Gasteiger charge is -2.29. The molecule has 0 atom stereocenters. The molecule has 6 aromatic carbocycles. The lowest BCUT2D eigenvalue weighted by atomic mass is 10.1. The van der Waals surface area contributed by atoms with E-state index in [4.69, 9.17) is 0 Å². The Kier molecular flexibility index (Phi) is 5.38. The lowest BCUT2D eigenvalue weighted by Crippen LogP contribution is -2.26. The second-order valence-corrected chi connectivity index (χ2v) is 11.9. The largest absolute Gasteiger partial charge is 0.0622 e. The lowest BCUT2D eigenvalue weighted by molar-refractivity contribution is 1.72. The van der Waals surface area contributed by atoms with Crippen molar-refractivity contribution < 1.29 is 0 Å². The van der Waals surface area contributed by atoms with Gasteiger partial charge < -0.3 is 0 Å². The molecule has 0 heterocycles. The monoisotopic (exact) mass is 452 g/mol. The molecule has 0 aromatic heterocycles. The second-order valence-electron chi connectivity index (χ2n) is 8.53. The van der Waals surface area contributed by atoms with Crippen LogP contribution in [0.25, 0.3) is 21.5 Å². The minimum atomic E-state index is -2.24. The van der Waals surface area contributed by atoms with Crippen LogP contribution in [0.1, 0.15) is 0 Å². The van der Waals surface area contributed by atoms with E-state index in [9.17, 15) is 0 Å². The van der Waals surface area contributed by atoms with Crippen LogP contribution in [0.3, 0.4) is 0 Å². The minimum Gasteiger partial charge on any atom is -0.0622 e. The fourth-order valence-corrected chi connectivity index (χ4v) is 9.85. The number of benzene rings is 5. The van der Waals surface area contributed by atoms with Crippen LogP contribution in [0.15, 0.2) is 152 Å². The summed E-state index contributed by atoms with van der Waals surface area (Å²) in [4.78, 5) is 1.42.